The minimum Gasteiger partial charge on any atom is -0.373 e. The summed E-state index contributed by atoms with van der Waals surface area (Å²) >= 11 is 0. The summed E-state index contributed by atoms with van der Waals surface area (Å²) in [6, 6.07) is 4.52. The standard InChI is InChI=1S/C14H18FNO2/c1-10-4-5-12(15)11(8-10)13(17)16-9-14(2)6-3-7-18-14/h4-5,8H,3,6-7,9H2,1-2H3,(H,16,17). The molecule has 0 bridgehead atoms. The zero-order valence-electron chi connectivity index (χ0n) is 10.8. The maximum atomic E-state index is 13.5. The normalized spacial score (nSPS) is 23.1. The zero-order valence-corrected chi connectivity index (χ0v) is 10.8. The Morgan fingerprint density at radius 1 is 1.56 bits per heavy atom. The number of amides is 1. The van der Waals surface area contributed by atoms with Crippen molar-refractivity contribution in [2.75, 3.05) is 13.2 Å². The second-order valence-corrected chi connectivity index (χ2v) is 5.07. The number of hydrogen-bond acceptors (Lipinski definition) is 2. The SMILES string of the molecule is Cc1ccc(F)c(C(=O)NCC2(C)CCCO2)c1. The van der Waals surface area contributed by atoms with Gasteiger partial charge in [0.15, 0.2) is 0 Å². The smallest absolute Gasteiger partial charge is 0.254 e. The van der Waals surface area contributed by atoms with Gasteiger partial charge in [-0.3, -0.25) is 4.79 Å². The highest BCUT2D eigenvalue weighted by Crippen LogP contribution is 2.24. The molecule has 18 heavy (non-hydrogen) atoms. The number of aryl methyl sites for hydroxylation is 1. The van der Waals surface area contributed by atoms with E-state index < -0.39 is 5.82 Å². The van der Waals surface area contributed by atoms with Gasteiger partial charge in [-0.05, 0) is 38.8 Å². The first-order chi connectivity index (χ1) is 8.50. The molecule has 1 saturated heterocycles. The summed E-state index contributed by atoms with van der Waals surface area (Å²) < 4.78 is 19.1. The summed E-state index contributed by atoms with van der Waals surface area (Å²) in [7, 11) is 0. The monoisotopic (exact) mass is 251 g/mol. The van der Waals surface area contributed by atoms with E-state index in [1.165, 1.54) is 6.07 Å². The predicted octanol–water partition coefficient (Wildman–Crippen LogP) is 2.43. The summed E-state index contributed by atoms with van der Waals surface area (Å²) in [5, 5.41) is 2.75. The molecule has 1 aromatic carbocycles. The Bertz CT molecular complexity index is 453. The molecule has 3 nitrogen and oxygen atoms in total. The van der Waals surface area contributed by atoms with E-state index in [4.69, 9.17) is 4.74 Å². The van der Waals surface area contributed by atoms with Gasteiger partial charge in [-0.2, -0.15) is 0 Å². The summed E-state index contributed by atoms with van der Waals surface area (Å²) in [5.74, 6) is -0.872. The van der Waals surface area contributed by atoms with Crippen LogP contribution in [0.1, 0.15) is 35.7 Å². The van der Waals surface area contributed by atoms with Gasteiger partial charge in [-0.15, -0.1) is 0 Å². The van der Waals surface area contributed by atoms with Crippen molar-refractivity contribution < 1.29 is 13.9 Å². The lowest BCUT2D eigenvalue weighted by molar-refractivity contribution is 0.0205. The van der Waals surface area contributed by atoms with Crippen molar-refractivity contribution in [1.82, 2.24) is 5.32 Å². The van der Waals surface area contributed by atoms with Gasteiger partial charge >= 0.3 is 0 Å². The van der Waals surface area contributed by atoms with Crippen molar-refractivity contribution in [3.63, 3.8) is 0 Å². The molecule has 1 amide bonds. The maximum absolute atomic E-state index is 13.5. The molecule has 1 fully saturated rings. The van der Waals surface area contributed by atoms with Gasteiger partial charge in [0, 0.05) is 13.2 Å². The third-order valence-corrected chi connectivity index (χ3v) is 3.29. The fraction of sp³-hybridized carbons (Fsp3) is 0.500. The molecule has 1 unspecified atom stereocenters. The number of benzene rings is 1. The molecule has 1 atom stereocenters. The Morgan fingerprint density at radius 3 is 3.00 bits per heavy atom. The molecule has 98 valence electrons. The average Bonchev–Trinajstić information content (AvgIpc) is 2.77. The second-order valence-electron chi connectivity index (χ2n) is 5.07. The third kappa shape index (κ3) is 2.88. The largest absolute Gasteiger partial charge is 0.373 e. The maximum Gasteiger partial charge on any atom is 0.254 e. The molecule has 0 aromatic heterocycles. The molecule has 0 spiro atoms. The van der Waals surface area contributed by atoms with E-state index in [9.17, 15) is 9.18 Å². The van der Waals surface area contributed by atoms with Crippen molar-refractivity contribution in [3.8, 4) is 0 Å². The van der Waals surface area contributed by atoms with Crippen LogP contribution in [0.2, 0.25) is 0 Å². The summed E-state index contributed by atoms with van der Waals surface area (Å²) in [5.41, 5.74) is 0.650. The number of rotatable bonds is 3. The molecular formula is C14H18FNO2. The van der Waals surface area contributed by atoms with Crippen LogP contribution in [-0.4, -0.2) is 24.7 Å². The Kier molecular flexibility index (Phi) is 3.66. The van der Waals surface area contributed by atoms with Gasteiger partial charge in [-0.25, -0.2) is 4.39 Å². The summed E-state index contributed by atoms with van der Waals surface area (Å²) in [6.07, 6.45) is 1.93. The molecule has 1 heterocycles. The predicted molar refractivity (Wildman–Crippen MR) is 67.1 cm³/mol. The van der Waals surface area contributed by atoms with Crippen molar-refractivity contribution in [2.45, 2.75) is 32.3 Å². The minimum atomic E-state index is -0.490. The number of carbonyl (C=O) groups is 1. The quantitative estimate of drug-likeness (QED) is 0.896. The van der Waals surface area contributed by atoms with Gasteiger partial charge in [0.05, 0.1) is 11.2 Å². The van der Waals surface area contributed by atoms with E-state index in [0.717, 1.165) is 25.0 Å². The van der Waals surface area contributed by atoms with Gasteiger partial charge < -0.3 is 10.1 Å². The minimum absolute atomic E-state index is 0.0941. The third-order valence-electron chi connectivity index (χ3n) is 3.29. The highest BCUT2D eigenvalue weighted by atomic mass is 19.1. The van der Waals surface area contributed by atoms with Gasteiger partial charge in [0.2, 0.25) is 0 Å². The molecule has 1 aliphatic heterocycles. The van der Waals surface area contributed by atoms with Crippen LogP contribution in [0.25, 0.3) is 0 Å². The zero-order chi connectivity index (χ0) is 13.2. The Balaban J connectivity index is 2.01. The molecule has 4 heteroatoms. The van der Waals surface area contributed by atoms with E-state index in [-0.39, 0.29) is 17.1 Å². The molecule has 0 aliphatic carbocycles. The average molecular weight is 251 g/mol. The number of ether oxygens (including phenoxy) is 1. The van der Waals surface area contributed by atoms with E-state index in [0.29, 0.717) is 6.54 Å². The molecule has 1 N–H and O–H groups in total. The summed E-state index contributed by atoms with van der Waals surface area (Å²) in [4.78, 5) is 11.9. The van der Waals surface area contributed by atoms with Crippen LogP contribution in [0.15, 0.2) is 18.2 Å². The van der Waals surface area contributed by atoms with Gasteiger partial charge in [0.1, 0.15) is 5.82 Å². The Hall–Kier alpha value is -1.42. The number of nitrogens with one attached hydrogen (secondary N) is 1. The number of hydrogen-bond donors (Lipinski definition) is 1. The van der Waals surface area contributed by atoms with Crippen LogP contribution in [0.3, 0.4) is 0 Å². The van der Waals surface area contributed by atoms with E-state index in [1.54, 1.807) is 12.1 Å². The van der Waals surface area contributed by atoms with Crippen LogP contribution in [-0.2, 0) is 4.74 Å². The van der Waals surface area contributed by atoms with Crippen LogP contribution < -0.4 is 5.32 Å². The number of halogens is 1. The second kappa shape index (κ2) is 5.06. The molecule has 2 rings (SSSR count). The molecular weight excluding hydrogens is 233 g/mol. The van der Waals surface area contributed by atoms with Crippen LogP contribution in [0.5, 0.6) is 0 Å². The van der Waals surface area contributed by atoms with Gasteiger partial charge in [0.25, 0.3) is 5.91 Å². The number of carbonyl (C=O) groups excluding carboxylic acids is 1. The van der Waals surface area contributed by atoms with Gasteiger partial charge in [-0.1, -0.05) is 11.6 Å². The molecule has 1 aliphatic rings. The van der Waals surface area contributed by atoms with E-state index in [2.05, 4.69) is 5.32 Å². The Labute approximate surface area is 106 Å². The first-order valence-corrected chi connectivity index (χ1v) is 6.18. The lowest BCUT2D eigenvalue weighted by Crippen LogP contribution is -2.40. The Morgan fingerprint density at radius 2 is 2.33 bits per heavy atom. The van der Waals surface area contributed by atoms with Crippen LogP contribution >= 0.6 is 0 Å². The van der Waals surface area contributed by atoms with E-state index >= 15 is 0 Å². The fourth-order valence-electron chi connectivity index (χ4n) is 2.15. The highest BCUT2D eigenvalue weighted by molar-refractivity contribution is 5.94. The topological polar surface area (TPSA) is 38.3 Å². The lowest BCUT2D eigenvalue weighted by Gasteiger charge is -2.23. The molecule has 0 radical (unpaired) electrons. The molecule has 1 aromatic rings. The van der Waals surface area contributed by atoms with Crippen LogP contribution in [0.4, 0.5) is 4.39 Å². The lowest BCUT2D eigenvalue weighted by atomic mass is 10.0. The fourth-order valence-corrected chi connectivity index (χ4v) is 2.15. The van der Waals surface area contributed by atoms with Crippen molar-refractivity contribution >= 4 is 5.91 Å². The first-order valence-electron chi connectivity index (χ1n) is 6.18. The van der Waals surface area contributed by atoms with Crippen molar-refractivity contribution in [2.24, 2.45) is 0 Å². The van der Waals surface area contributed by atoms with Crippen molar-refractivity contribution in [3.05, 3.63) is 35.1 Å². The van der Waals surface area contributed by atoms with Crippen LogP contribution in [0, 0.1) is 12.7 Å². The summed E-state index contributed by atoms with van der Waals surface area (Å²) in [6.45, 7) is 4.94. The molecule has 0 saturated carbocycles. The highest BCUT2D eigenvalue weighted by Gasteiger charge is 2.30. The first kappa shape index (κ1) is 13.0. The van der Waals surface area contributed by atoms with E-state index in [1.807, 2.05) is 13.8 Å². The van der Waals surface area contributed by atoms with Crippen molar-refractivity contribution in [1.29, 1.82) is 0 Å².